The molecule has 0 atom stereocenters. The lowest BCUT2D eigenvalue weighted by Gasteiger charge is -2.23. The van der Waals surface area contributed by atoms with Crippen LogP contribution in [-0.2, 0) is 26.0 Å². The van der Waals surface area contributed by atoms with Crippen molar-refractivity contribution in [3.63, 3.8) is 0 Å². The third kappa shape index (κ3) is 6.89. The van der Waals surface area contributed by atoms with E-state index in [9.17, 15) is 18.0 Å². The van der Waals surface area contributed by atoms with Gasteiger partial charge in [-0.3, -0.25) is 13.9 Å². The summed E-state index contributed by atoms with van der Waals surface area (Å²) in [5.74, 6) is -0.689. The summed E-state index contributed by atoms with van der Waals surface area (Å²) < 4.78 is 30.7. The Labute approximate surface area is 175 Å². The molecule has 3 N–H and O–H groups in total. The van der Waals surface area contributed by atoms with Gasteiger partial charge in [-0.2, -0.15) is 5.10 Å². The number of primary amides is 1. The Morgan fingerprint density at radius 2 is 1.83 bits per heavy atom. The van der Waals surface area contributed by atoms with Crippen LogP contribution in [0.15, 0.2) is 53.6 Å². The lowest BCUT2D eigenvalue weighted by molar-refractivity contribution is -0.120. The molecule has 9 nitrogen and oxygen atoms in total. The lowest BCUT2D eigenvalue weighted by atomic mass is 10.1. The molecule has 2 aromatic rings. The summed E-state index contributed by atoms with van der Waals surface area (Å²) in [6.45, 7) is 1.29. The third-order valence-corrected chi connectivity index (χ3v) is 5.12. The van der Waals surface area contributed by atoms with E-state index in [0.717, 1.165) is 16.1 Å². The Kier molecular flexibility index (Phi) is 7.93. The fraction of sp³-hybridized carbons (Fsp3) is 0.250. The van der Waals surface area contributed by atoms with Gasteiger partial charge in [-0.1, -0.05) is 25.1 Å². The van der Waals surface area contributed by atoms with Crippen LogP contribution in [0.2, 0.25) is 0 Å². The largest absolute Gasteiger partial charge is 0.484 e. The van der Waals surface area contributed by atoms with E-state index in [-0.39, 0.29) is 6.61 Å². The van der Waals surface area contributed by atoms with Gasteiger partial charge in [0, 0.05) is 0 Å². The maximum absolute atomic E-state index is 12.3. The highest BCUT2D eigenvalue weighted by molar-refractivity contribution is 7.92. The molecule has 2 aromatic carbocycles. The van der Waals surface area contributed by atoms with Crippen molar-refractivity contribution in [3.8, 4) is 5.75 Å². The van der Waals surface area contributed by atoms with Crippen molar-refractivity contribution in [2.45, 2.75) is 13.3 Å². The number of hydrogen-bond donors (Lipinski definition) is 2. The van der Waals surface area contributed by atoms with Gasteiger partial charge in [-0.05, 0) is 47.9 Å². The zero-order chi connectivity index (χ0) is 22.1. The van der Waals surface area contributed by atoms with E-state index < -0.39 is 28.4 Å². The van der Waals surface area contributed by atoms with E-state index in [1.807, 2.05) is 19.1 Å². The highest BCUT2D eigenvalue weighted by Crippen LogP contribution is 2.23. The summed E-state index contributed by atoms with van der Waals surface area (Å²) in [6.07, 6.45) is 3.08. The Balaban J connectivity index is 2.01. The van der Waals surface area contributed by atoms with Crippen LogP contribution in [0.4, 0.5) is 5.69 Å². The number of aryl methyl sites for hydroxylation is 1. The number of amides is 2. The molecule has 30 heavy (non-hydrogen) atoms. The number of nitrogens with zero attached hydrogens (tertiary/aromatic N) is 2. The van der Waals surface area contributed by atoms with Crippen LogP contribution in [0.25, 0.3) is 0 Å². The molecular formula is C20H24N4O5S. The molecule has 0 saturated heterocycles. The van der Waals surface area contributed by atoms with Gasteiger partial charge in [0.2, 0.25) is 10.0 Å². The molecular weight excluding hydrogens is 408 g/mol. The summed E-state index contributed by atoms with van der Waals surface area (Å²) in [7, 11) is -3.67. The third-order valence-electron chi connectivity index (χ3n) is 3.99. The zero-order valence-corrected chi connectivity index (χ0v) is 17.6. The maximum Gasteiger partial charge on any atom is 0.260 e. The van der Waals surface area contributed by atoms with Crippen LogP contribution >= 0.6 is 0 Å². The summed E-state index contributed by atoms with van der Waals surface area (Å²) >= 11 is 0. The molecule has 2 rings (SSSR count). The average molecular weight is 433 g/mol. The van der Waals surface area contributed by atoms with Gasteiger partial charge in [0.15, 0.2) is 6.61 Å². The van der Waals surface area contributed by atoms with Crippen molar-refractivity contribution in [1.82, 2.24) is 5.43 Å². The maximum atomic E-state index is 12.3. The number of hydrazone groups is 1. The fourth-order valence-electron chi connectivity index (χ4n) is 2.58. The Morgan fingerprint density at radius 3 is 2.43 bits per heavy atom. The molecule has 0 aliphatic rings. The highest BCUT2D eigenvalue weighted by atomic mass is 32.2. The molecule has 160 valence electrons. The van der Waals surface area contributed by atoms with E-state index in [4.69, 9.17) is 10.5 Å². The first-order valence-electron chi connectivity index (χ1n) is 9.09. The van der Waals surface area contributed by atoms with Crippen LogP contribution in [-0.4, -0.2) is 45.9 Å². The van der Waals surface area contributed by atoms with Crippen LogP contribution in [0.3, 0.4) is 0 Å². The number of carbonyl (C=O) groups excluding carboxylic acids is 2. The number of nitrogens with two attached hydrogens (primary N) is 1. The van der Waals surface area contributed by atoms with Crippen molar-refractivity contribution in [2.24, 2.45) is 10.8 Å². The molecule has 10 heteroatoms. The van der Waals surface area contributed by atoms with E-state index >= 15 is 0 Å². The molecule has 0 spiro atoms. The molecule has 0 unspecified atom stereocenters. The van der Waals surface area contributed by atoms with E-state index in [1.54, 1.807) is 36.4 Å². The first-order chi connectivity index (χ1) is 14.2. The molecule has 2 amide bonds. The fourth-order valence-corrected chi connectivity index (χ4v) is 3.47. The van der Waals surface area contributed by atoms with Gasteiger partial charge >= 0.3 is 0 Å². The number of carbonyl (C=O) groups is 2. The number of hydrogen-bond acceptors (Lipinski definition) is 6. The summed E-state index contributed by atoms with van der Waals surface area (Å²) in [5, 5.41) is 3.86. The lowest BCUT2D eigenvalue weighted by Crippen LogP contribution is -2.39. The minimum atomic E-state index is -3.67. The molecule has 0 aliphatic heterocycles. The zero-order valence-electron chi connectivity index (χ0n) is 16.7. The molecule has 0 saturated carbocycles. The van der Waals surface area contributed by atoms with Gasteiger partial charge in [-0.15, -0.1) is 0 Å². The number of benzene rings is 2. The smallest absolute Gasteiger partial charge is 0.260 e. The second-order valence-electron chi connectivity index (χ2n) is 6.37. The number of rotatable bonds is 10. The van der Waals surface area contributed by atoms with Crippen LogP contribution in [0.5, 0.6) is 5.75 Å². The minimum absolute atomic E-state index is 0.221. The van der Waals surface area contributed by atoms with Crippen molar-refractivity contribution in [2.75, 3.05) is 23.7 Å². The van der Waals surface area contributed by atoms with E-state index in [1.165, 1.54) is 6.21 Å². The van der Waals surface area contributed by atoms with Crippen molar-refractivity contribution in [3.05, 3.63) is 59.7 Å². The SMILES string of the molecule is CCc1ccccc1N(CC(=O)N/N=C\c1ccc(OCC(N)=O)cc1)S(C)(=O)=O. The monoisotopic (exact) mass is 432 g/mol. The minimum Gasteiger partial charge on any atom is -0.484 e. The summed E-state index contributed by atoms with van der Waals surface area (Å²) in [6, 6.07) is 13.6. The van der Waals surface area contributed by atoms with Gasteiger partial charge in [0.05, 0.1) is 18.2 Å². The second-order valence-corrected chi connectivity index (χ2v) is 8.28. The van der Waals surface area contributed by atoms with E-state index in [0.29, 0.717) is 23.4 Å². The van der Waals surface area contributed by atoms with Gasteiger partial charge < -0.3 is 10.5 Å². The summed E-state index contributed by atoms with van der Waals surface area (Å²) in [5.41, 5.74) is 9.29. The first kappa shape index (κ1) is 22.9. The van der Waals surface area contributed by atoms with Crippen molar-refractivity contribution >= 4 is 33.7 Å². The average Bonchev–Trinajstić information content (AvgIpc) is 2.70. The molecule has 0 aromatic heterocycles. The number of ether oxygens (including phenoxy) is 1. The van der Waals surface area contributed by atoms with Crippen molar-refractivity contribution in [1.29, 1.82) is 0 Å². The number of nitrogens with one attached hydrogen (secondary N) is 1. The topological polar surface area (TPSA) is 131 Å². The van der Waals surface area contributed by atoms with Gasteiger partial charge in [-0.25, -0.2) is 13.8 Å². The molecule has 0 fully saturated rings. The Bertz CT molecular complexity index is 1020. The van der Waals surface area contributed by atoms with Crippen LogP contribution in [0.1, 0.15) is 18.1 Å². The predicted octanol–water partition coefficient (Wildman–Crippen LogP) is 1.03. The van der Waals surface area contributed by atoms with Gasteiger partial charge in [0.1, 0.15) is 12.3 Å². The molecule has 0 aliphatic carbocycles. The number of anilines is 1. The predicted molar refractivity (Wildman–Crippen MR) is 115 cm³/mol. The normalized spacial score (nSPS) is 11.3. The Morgan fingerprint density at radius 1 is 1.17 bits per heavy atom. The van der Waals surface area contributed by atoms with Crippen molar-refractivity contribution < 1.29 is 22.7 Å². The standard InChI is InChI=1S/C20H24N4O5S/c1-3-16-6-4-5-7-18(16)24(30(2,27)28)13-20(26)23-22-12-15-8-10-17(11-9-15)29-14-19(21)25/h4-12H,3,13-14H2,1-2H3,(H2,21,25)(H,23,26)/b22-12-. The molecule has 0 heterocycles. The highest BCUT2D eigenvalue weighted by Gasteiger charge is 2.22. The van der Waals surface area contributed by atoms with E-state index in [2.05, 4.69) is 10.5 Å². The second kappa shape index (κ2) is 10.4. The Hall–Kier alpha value is -3.40. The summed E-state index contributed by atoms with van der Waals surface area (Å²) in [4.78, 5) is 23.0. The van der Waals surface area contributed by atoms with Crippen LogP contribution < -0.4 is 20.2 Å². The number of sulfonamides is 1. The van der Waals surface area contributed by atoms with Gasteiger partial charge in [0.25, 0.3) is 11.8 Å². The van der Waals surface area contributed by atoms with Crippen LogP contribution in [0, 0.1) is 0 Å². The quantitative estimate of drug-likeness (QED) is 0.428. The number of para-hydroxylation sites is 1. The first-order valence-corrected chi connectivity index (χ1v) is 10.9. The molecule has 0 radical (unpaired) electrons. The molecule has 0 bridgehead atoms.